The van der Waals surface area contributed by atoms with Gasteiger partial charge in [0.1, 0.15) is 0 Å². The monoisotopic (exact) mass is 252 g/mol. The summed E-state index contributed by atoms with van der Waals surface area (Å²) in [6, 6.07) is 0. The molecule has 1 heterocycles. The molecule has 0 aromatic carbocycles. The highest BCUT2D eigenvalue weighted by Gasteiger charge is 2.21. The van der Waals surface area contributed by atoms with Crippen molar-refractivity contribution < 1.29 is 0 Å². The Morgan fingerprint density at radius 1 is 1.53 bits per heavy atom. The molecule has 0 unspecified atom stereocenters. The Hall–Kier alpha value is -1.10. The largest absolute Gasteiger partial charge is 0.357 e. The number of nitrogens with one attached hydrogen (secondary N) is 2. The van der Waals surface area contributed by atoms with Gasteiger partial charge in [0.05, 0.1) is 17.7 Å². The summed E-state index contributed by atoms with van der Waals surface area (Å²) in [7, 11) is 0. The van der Waals surface area contributed by atoms with Gasteiger partial charge in [-0.25, -0.2) is 9.98 Å². The van der Waals surface area contributed by atoms with Gasteiger partial charge in [-0.1, -0.05) is 0 Å². The Morgan fingerprint density at radius 2 is 2.35 bits per heavy atom. The van der Waals surface area contributed by atoms with Crippen LogP contribution in [0.5, 0.6) is 0 Å². The van der Waals surface area contributed by atoms with Crippen LogP contribution in [0.4, 0.5) is 0 Å². The van der Waals surface area contributed by atoms with Crippen molar-refractivity contribution in [3.05, 3.63) is 16.1 Å². The van der Waals surface area contributed by atoms with Crippen LogP contribution in [0.15, 0.2) is 10.5 Å². The van der Waals surface area contributed by atoms with Gasteiger partial charge >= 0.3 is 0 Å². The molecule has 0 spiro atoms. The lowest BCUT2D eigenvalue weighted by atomic mass is 10.4. The number of rotatable bonds is 5. The first-order valence-electron chi connectivity index (χ1n) is 6.20. The molecule has 1 aliphatic rings. The fraction of sp³-hybridized carbons (Fsp3) is 0.667. The molecular formula is C12H20N4S. The van der Waals surface area contributed by atoms with Crippen LogP contribution in [0.1, 0.15) is 30.3 Å². The van der Waals surface area contributed by atoms with E-state index in [1.165, 1.54) is 17.7 Å². The van der Waals surface area contributed by atoms with Crippen molar-refractivity contribution in [3.8, 4) is 0 Å². The van der Waals surface area contributed by atoms with E-state index in [-0.39, 0.29) is 0 Å². The first-order chi connectivity index (χ1) is 8.29. The lowest BCUT2D eigenvalue weighted by Gasteiger charge is -2.10. The van der Waals surface area contributed by atoms with E-state index >= 15 is 0 Å². The van der Waals surface area contributed by atoms with Crippen LogP contribution in [-0.4, -0.2) is 24.0 Å². The summed E-state index contributed by atoms with van der Waals surface area (Å²) < 4.78 is 0. The number of aliphatic imine (C=N–C) groups is 1. The Morgan fingerprint density at radius 3 is 2.94 bits per heavy atom. The number of aromatic nitrogens is 1. The second-order valence-electron chi connectivity index (χ2n) is 4.38. The van der Waals surface area contributed by atoms with E-state index in [1.54, 1.807) is 11.3 Å². The highest BCUT2D eigenvalue weighted by molar-refractivity contribution is 7.09. The molecule has 1 aliphatic carbocycles. The summed E-state index contributed by atoms with van der Waals surface area (Å²) >= 11 is 1.67. The fourth-order valence-electron chi connectivity index (χ4n) is 1.53. The molecule has 1 fully saturated rings. The average molecular weight is 252 g/mol. The molecule has 2 N–H and O–H groups in total. The standard InChI is InChI=1S/C12H20N4S/c1-3-13-12(14-6-10-4-5-10)15-7-11-9(2)16-8-17-11/h8,10H,3-7H2,1-2H3,(H2,13,14,15). The lowest BCUT2D eigenvalue weighted by Crippen LogP contribution is -2.38. The van der Waals surface area contributed by atoms with Gasteiger partial charge in [0.25, 0.3) is 0 Å². The smallest absolute Gasteiger partial charge is 0.191 e. The fourth-order valence-corrected chi connectivity index (χ4v) is 2.23. The van der Waals surface area contributed by atoms with Gasteiger partial charge in [0.2, 0.25) is 0 Å². The van der Waals surface area contributed by atoms with Crippen LogP contribution in [0.2, 0.25) is 0 Å². The van der Waals surface area contributed by atoms with Crippen molar-refractivity contribution >= 4 is 17.3 Å². The second kappa shape index (κ2) is 6.00. The Labute approximate surface area is 107 Å². The zero-order valence-electron chi connectivity index (χ0n) is 10.5. The van der Waals surface area contributed by atoms with Crippen molar-refractivity contribution in [2.75, 3.05) is 13.1 Å². The molecule has 1 aromatic heterocycles. The molecule has 94 valence electrons. The lowest BCUT2D eigenvalue weighted by molar-refractivity contribution is 0.739. The highest BCUT2D eigenvalue weighted by Crippen LogP contribution is 2.27. The molecule has 17 heavy (non-hydrogen) atoms. The topological polar surface area (TPSA) is 49.3 Å². The summed E-state index contributed by atoms with van der Waals surface area (Å²) in [6.07, 6.45) is 2.72. The first-order valence-corrected chi connectivity index (χ1v) is 7.08. The minimum Gasteiger partial charge on any atom is -0.357 e. The van der Waals surface area contributed by atoms with Crippen molar-refractivity contribution in [2.45, 2.75) is 33.2 Å². The van der Waals surface area contributed by atoms with Crippen LogP contribution in [0.25, 0.3) is 0 Å². The van der Waals surface area contributed by atoms with E-state index in [0.717, 1.165) is 37.2 Å². The highest BCUT2D eigenvalue weighted by atomic mass is 32.1. The van der Waals surface area contributed by atoms with Gasteiger partial charge in [0.15, 0.2) is 5.96 Å². The molecule has 0 bridgehead atoms. The maximum absolute atomic E-state index is 4.58. The van der Waals surface area contributed by atoms with Crippen LogP contribution in [0.3, 0.4) is 0 Å². The molecule has 1 aromatic rings. The van der Waals surface area contributed by atoms with Crippen LogP contribution < -0.4 is 10.6 Å². The van der Waals surface area contributed by atoms with E-state index in [4.69, 9.17) is 0 Å². The summed E-state index contributed by atoms with van der Waals surface area (Å²) in [6.45, 7) is 6.79. The normalized spacial score (nSPS) is 16.0. The number of aryl methyl sites for hydroxylation is 1. The summed E-state index contributed by atoms with van der Waals surface area (Å²) in [5.74, 6) is 1.79. The molecule has 2 rings (SSSR count). The van der Waals surface area contributed by atoms with Crippen molar-refractivity contribution in [1.82, 2.24) is 15.6 Å². The molecule has 0 aliphatic heterocycles. The summed E-state index contributed by atoms with van der Waals surface area (Å²) in [4.78, 5) is 10.1. The molecule has 4 nitrogen and oxygen atoms in total. The van der Waals surface area contributed by atoms with Gasteiger partial charge in [-0.05, 0) is 32.6 Å². The van der Waals surface area contributed by atoms with Gasteiger partial charge in [0, 0.05) is 18.0 Å². The molecule has 0 atom stereocenters. The minimum absolute atomic E-state index is 0.719. The Balaban J connectivity index is 1.86. The molecule has 5 heteroatoms. The predicted molar refractivity (Wildman–Crippen MR) is 72.4 cm³/mol. The number of guanidine groups is 1. The van der Waals surface area contributed by atoms with Gasteiger partial charge in [-0.3, -0.25) is 0 Å². The number of nitrogens with zero attached hydrogens (tertiary/aromatic N) is 2. The number of hydrogen-bond acceptors (Lipinski definition) is 3. The van der Waals surface area contributed by atoms with Crippen LogP contribution in [0, 0.1) is 12.8 Å². The number of thiazole rings is 1. The zero-order chi connectivity index (χ0) is 12.1. The summed E-state index contributed by atoms with van der Waals surface area (Å²) in [5, 5.41) is 6.66. The van der Waals surface area contributed by atoms with Crippen molar-refractivity contribution in [2.24, 2.45) is 10.9 Å². The predicted octanol–water partition coefficient (Wildman–Crippen LogP) is 1.92. The average Bonchev–Trinajstić information content (AvgIpc) is 3.06. The SMILES string of the molecule is CCNC(=NCc1scnc1C)NCC1CC1. The third-order valence-corrected chi connectivity index (χ3v) is 3.74. The van der Waals surface area contributed by atoms with Gasteiger partial charge in [-0.2, -0.15) is 0 Å². The Kier molecular flexibility index (Phi) is 4.36. The molecule has 0 saturated heterocycles. The zero-order valence-corrected chi connectivity index (χ0v) is 11.3. The third-order valence-electron chi connectivity index (χ3n) is 2.82. The number of hydrogen-bond donors (Lipinski definition) is 2. The van der Waals surface area contributed by atoms with Crippen LogP contribution in [-0.2, 0) is 6.54 Å². The summed E-state index contributed by atoms with van der Waals surface area (Å²) in [5.41, 5.74) is 2.97. The molecule has 1 saturated carbocycles. The second-order valence-corrected chi connectivity index (χ2v) is 5.32. The minimum atomic E-state index is 0.719. The van der Waals surface area contributed by atoms with E-state index in [1.807, 2.05) is 12.4 Å². The maximum atomic E-state index is 4.58. The molecule has 0 radical (unpaired) electrons. The van der Waals surface area contributed by atoms with Gasteiger partial charge in [-0.15, -0.1) is 11.3 Å². The van der Waals surface area contributed by atoms with E-state index in [9.17, 15) is 0 Å². The third kappa shape index (κ3) is 4.00. The quantitative estimate of drug-likeness (QED) is 0.622. The molecule has 0 amide bonds. The first kappa shape index (κ1) is 12.4. The molecular weight excluding hydrogens is 232 g/mol. The van der Waals surface area contributed by atoms with E-state index in [2.05, 4.69) is 27.5 Å². The van der Waals surface area contributed by atoms with Crippen molar-refractivity contribution in [3.63, 3.8) is 0 Å². The van der Waals surface area contributed by atoms with E-state index < -0.39 is 0 Å². The Bertz CT molecular complexity index is 382. The van der Waals surface area contributed by atoms with Crippen molar-refractivity contribution in [1.29, 1.82) is 0 Å². The maximum Gasteiger partial charge on any atom is 0.191 e. The van der Waals surface area contributed by atoms with Gasteiger partial charge < -0.3 is 10.6 Å². The van der Waals surface area contributed by atoms with Crippen LogP contribution >= 0.6 is 11.3 Å². The van der Waals surface area contributed by atoms with E-state index in [0.29, 0.717) is 0 Å².